The fourth-order valence-electron chi connectivity index (χ4n) is 2.70. The van der Waals surface area contributed by atoms with Gasteiger partial charge in [-0.25, -0.2) is 0 Å². The van der Waals surface area contributed by atoms with Crippen LogP contribution in [0.25, 0.3) is 0 Å². The Kier molecular flexibility index (Phi) is 2.60. The highest BCUT2D eigenvalue weighted by atomic mass is 32.2. The summed E-state index contributed by atoms with van der Waals surface area (Å²) in [4.78, 5) is 2.35. The molecule has 0 unspecified atom stereocenters. The number of rotatable bonds is 1. The van der Waals surface area contributed by atoms with E-state index in [2.05, 4.69) is 36.4 Å². The summed E-state index contributed by atoms with van der Waals surface area (Å²) in [6.45, 7) is 0. The van der Waals surface area contributed by atoms with E-state index in [1.807, 2.05) is 42.5 Å². The molecule has 1 aliphatic rings. The van der Waals surface area contributed by atoms with Crippen molar-refractivity contribution in [2.75, 3.05) is 0 Å². The summed E-state index contributed by atoms with van der Waals surface area (Å²) < 4.78 is 9.31. The number of benzene rings is 3. The molecule has 3 aromatic rings. The average molecular weight is 275 g/mol. The molecule has 96 valence electrons. The van der Waals surface area contributed by atoms with Gasteiger partial charge in [-0.2, -0.15) is 0 Å². The van der Waals surface area contributed by atoms with Crippen molar-refractivity contribution in [3.8, 4) is 0 Å². The monoisotopic (exact) mass is 275 g/mol. The molecule has 0 spiro atoms. The lowest BCUT2D eigenvalue weighted by molar-refractivity contribution is 0.902. The topological polar surface area (TPSA) is 0 Å². The minimum atomic E-state index is -0.834. The molecule has 0 radical (unpaired) electrons. The number of hydrogen-bond acceptors (Lipinski definition) is 1. The molecule has 0 nitrogen and oxygen atoms in total. The molecule has 0 atom stereocenters. The third kappa shape index (κ3) is 1.86. The van der Waals surface area contributed by atoms with E-state index in [4.69, 9.17) is 0 Å². The second-order valence-corrected chi connectivity index (χ2v) is 5.92. The van der Waals surface area contributed by atoms with Crippen molar-refractivity contribution in [2.24, 2.45) is 0 Å². The van der Waals surface area contributed by atoms with Gasteiger partial charge >= 0.3 is 0 Å². The standard InChI is InChI=1S/C19H14S/c1-2-8-14(9-3-1)19-15-10-4-6-12-17(15)20-18-13-7-5-11-16(18)19/h1-13,19H/i19D. The van der Waals surface area contributed by atoms with Gasteiger partial charge in [-0.05, 0) is 28.8 Å². The second kappa shape index (κ2) is 4.84. The molecule has 0 saturated carbocycles. The highest BCUT2D eigenvalue weighted by Crippen LogP contribution is 2.48. The van der Waals surface area contributed by atoms with Crippen molar-refractivity contribution in [2.45, 2.75) is 15.7 Å². The lowest BCUT2D eigenvalue weighted by Crippen LogP contribution is -2.09. The molecule has 3 aromatic carbocycles. The van der Waals surface area contributed by atoms with Gasteiger partial charge in [0.1, 0.15) is 0 Å². The van der Waals surface area contributed by atoms with Gasteiger partial charge in [0.05, 0.1) is 0 Å². The fraction of sp³-hybridized carbons (Fsp3) is 0.0526. The van der Waals surface area contributed by atoms with E-state index in [1.54, 1.807) is 11.8 Å². The van der Waals surface area contributed by atoms with Crippen LogP contribution in [0, 0.1) is 0 Å². The number of hydrogen-bond donors (Lipinski definition) is 0. The Labute approximate surface area is 124 Å². The summed E-state index contributed by atoms with van der Waals surface area (Å²) in [5.74, 6) is -0.834. The molecule has 0 saturated heterocycles. The fourth-order valence-corrected chi connectivity index (χ4v) is 3.79. The second-order valence-electron chi connectivity index (χ2n) is 4.84. The summed E-state index contributed by atoms with van der Waals surface area (Å²) in [6.07, 6.45) is 0. The normalized spacial score (nSPS) is 15.9. The van der Waals surface area contributed by atoms with Gasteiger partial charge in [0.2, 0.25) is 0 Å². The van der Waals surface area contributed by atoms with Crippen LogP contribution in [0.1, 0.15) is 24.0 Å². The van der Waals surface area contributed by atoms with Crippen molar-refractivity contribution in [3.63, 3.8) is 0 Å². The van der Waals surface area contributed by atoms with Gasteiger partial charge in [0.15, 0.2) is 0 Å². The van der Waals surface area contributed by atoms with Crippen LogP contribution in [0.3, 0.4) is 0 Å². The molecule has 1 heteroatoms. The largest absolute Gasteiger partial charge is 0.0895 e. The van der Waals surface area contributed by atoms with Crippen LogP contribution in [0.2, 0.25) is 0 Å². The third-order valence-electron chi connectivity index (χ3n) is 3.60. The zero-order valence-corrected chi connectivity index (χ0v) is 11.7. The Bertz CT molecular complexity index is 750. The van der Waals surface area contributed by atoms with Crippen molar-refractivity contribution in [1.82, 2.24) is 0 Å². The van der Waals surface area contributed by atoms with Crippen LogP contribution < -0.4 is 0 Å². The average Bonchev–Trinajstić information content (AvgIpc) is 2.56. The van der Waals surface area contributed by atoms with Gasteiger partial charge < -0.3 is 0 Å². The van der Waals surface area contributed by atoms with Crippen LogP contribution in [-0.2, 0) is 0 Å². The van der Waals surface area contributed by atoms with Gasteiger partial charge in [-0.3, -0.25) is 0 Å². The molecule has 1 heterocycles. The quantitative estimate of drug-likeness (QED) is 0.578. The first kappa shape index (κ1) is 10.8. The van der Waals surface area contributed by atoms with E-state index in [0.717, 1.165) is 16.7 Å². The van der Waals surface area contributed by atoms with E-state index in [1.165, 1.54) is 9.79 Å². The zero-order chi connectivity index (χ0) is 14.3. The maximum atomic E-state index is 9.31. The molecule has 0 fully saturated rings. The third-order valence-corrected chi connectivity index (χ3v) is 4.75. The Morgan fingerprint density at radius 2 is 1.15 bits per heavy atom. The number of fused-ring (bicyclic) bond motifs is 2. The van der Waals surface area contributed by atoms with Crippen molar-refractivity contribution in [3.05, 3.63) is 95.6 Å². The predicted octanol–water partition coefficient (Wildman–Crippen LogP) is 5.33. The van der Waals surface area contributed by atoms with E-state index in [9.17, 15) is 1.37 Å². The summed E-state index contributed by atoms with van der Waals surface area (Å²) in [7, 11) is 0. The predicted molar refractivity (Wildman–Crippen MR) is 84.4 cm³/mol. The minimum absolute atomic E-state index is 0.834. The lowest BCUT2D eigenvalue weighted by atomic mass is 9.85. The molecule has 1 aliphatic heterocycles. The molecular weight excluding hydrogens is 260 g/mol. The molecule has 0 aromatic heterocycles. The zero-order valence-electron chi connectivity index (χ0n) is 11.9. The highest BCUT2D eigenvalue weighted by Gasteiger charge is 2.26. The maximum absolute atomic E-state index is 9.31. The van der Waals surface area contributed by atoms with Crippen molar-refractivity contribution < 1.29 is 1.37 Å². The van der Waals surface area contributed by atoms with E-state index >= 15 is 0 Å². The SMILES string of the molecule is [2H]C1(c2ccccc2)c2ccccc2Sc2ccccc21. The summed E-state index contributed by atoms with van der Waals surface area (Å²) >= 11 is 1.76. The molecule has 0 N–H and O–H groups in total. The van der Waals surface area contributed by atoms with Crippen LogP contribution >= 0.6 is 11.8 Å². The van der Waals surface area contributed by atoms with Gasteiger partial charge in [-0.1, -0.05) is 78.5 Å². The van der Waals surface area contributed by atoms with E-state index in [-0.39, 0.29) is 0 Å². The lowest BCUT2D eigenvalue weighted by Gasteiger charge is -2.28. The van der Waals surface area contributed by atoms with Crippen molar-refractivity contribution in [1.29, 1.82) is 0 Å². The summed E-state index contributed by atoms with van der Waals surface area (Å²) in [6, 6.07) is 26.7. The van der Waals surface area contributed by atoms with E-state index < -0.39 is 5.89 Å². The van der Waals surface area contributed by atoms with Crippen LogP contribution in [0.4, 0.5) is 0 Å². The van der Waals surface area contributed by atoms with E-state index in [0.29, 0.717) is 0 Å². The summed E-state index contributed by atoms with van der Waals surface area (Å²) in [5, 5.41) is 0. The Morgan fingerprint density at radius 3 is 1.75 bits per heavy atom. The first-order valence-electron chi connectivity index (χ1n) is 7.22. The molecule has 0 bridgehead atoms. The van der Waals surface area contributed by atoms with Gasteiger partial charge in [0.25, 0.3) is 0 Å². The molecular formula is C19H14S. The Morgan fingerprint density at radius 1 is 0.650 bits per heavy atom. The summed E-state index contributed by atoms with van der Waals surface area (Å²) in [5.41, 5.74) is 3.16. The Balaban J connectivity index is 2.06. The first-order valence-corrected chi connectivity index (χ1v) is 7.54. The maximum Gasteiger partial charge on any atom is 0.0453 e. The first-order chi connectivity index (χ1) is 10.3. The molecule has 4 rings (SSSR count). The Hall–Kier alpha value is -1.99. The highest BCUT2D eigenvalue weighted by molar-refractivity contribution is 7.99. The molecule has 20 heavy (non-hydrogen) atoms. The molecule has 0 amide bonds. The van der Waals surface area contributed by atoms with Gasteiger partial charge in [-0.15, -0.1) is 0 Å². The smallest absolute Gasteiger partial charge is 0.0453 e. The minimum Gasteiger partial charge on any atom is -0.0895 e. The molecule has 0 aliphatic carbocycles. The van der Waals surface area contributed by atoms with Gasteiger partial charge in [0, 0.05) is 17.1 Å². The van der Waals surface area contributed by atoms with Crippen molar-refractivity contribution >= 4 is 11.8 Å². The van der Waals surface area contributed by atoms with Crippen LogP contribution in [0.5, 0.6) is 0 Å². The van der Waals surface area contributed by atoms with Crippen LogP contribution in [0.15, 0.2) is 88.7 Å². The van der Waals surface area contributed by atoms with Crippen LogP contribution in [-0.4, -0.2) is 0 Å².